The number of likely N-dealkylation sites (N-methyl/N-ethyl adjacent to an activating group) is 1. The van der Waals surface area contributed by atoms with Crippen molar-refractivity contribution in [2.75, 3.05) is 7.05 Å². The van der Waals surface area contributed by atoms with Crippen molar-refractivity contribution in [2.24, 2.45) is 0 Å². The predicted octanol–water partition coefficient (Wildman–Crippen LogP) is 2.00. The molecule has 0 bridgehead atoms. The molecule has 3 nitrogen and oxygen atoms in total. The van der Waals surface area contributed by atoms with Crippen molar-refractivity contribution in [3.63, 3.8) is 0 Å². The molecule has 1 aromatic carbocycles. The van der Waals surface area contributed by atoms with Crippen LogP contribution in [0.5, 0.6) is 0 Å². The topological polar surface area (TPSA) is 34.0 Å². The highest BCUT2D eigenvalue weighted by atomic mass is 16.1. The quantitative estimate of drug-likeness (QED) is 0.871. The van der Waals surface area contributed by atoms with E-state index in [2.05, 4.69) is 12.2 Å². The van der Waals surface area contributed by atoms with Crippen LogP contribution >= 0.6 is 0 Å². The Kier molecular flexibility index (Phi) is 3.59. The Labute approximate surface area is 101 Å². The first-order valence-electron chi connectivity index (χ1n) is 6.02. The molecule has 2 aromatic rings. The number of pyridine rings is 1. The first kappa shape index (κ1) is 11.9. The number of nitrogens with zero attached hydrogens (tertiary/aromatic N) is 1. The molecule has 0 aliphatic heterocycles. The minimum atomic E-state index is 0.0670. The lowest BCUT2D eigenvalue weighted by molar-refractivity contribution is 0.469. The summed E-state index contributed by atoms with van der Waals surface area (Å²) < 4.78 is 1.85. The average Bonchev–Trinajstić information content (AvgIpc) is 2.38. The summed E-state index contributed by atoms with van der Waals surface area (Å²) in [6.45, 7) is 2.84. The van der Waals surface area contributed by atoms with E-state index in [9.17, 15) is 4.79 Å². The molecule has 2 rings (SSSR count). The van der Waals surface area contributed by atoms with E-state index in [1.807, 2.05) is 41.9 Å². The van der Waals surface area contributed by atoms with Gasteiger partial charge in [0.2, 0.25) is 0 Å². The molecule has 1 unspecified atom stereocenters. The van der Waals surface area contributed by atoms with E-state index in [0.29, 0.717) is 12.6 Å². The van der Waals surface area contributed by atoms with Crippen molar-refractivity contribution >= 4 is 10.9 Å². The van der Waals surface area contributed by atoms with E-state index < -0.39 is 0 Å². The molecule has 90 valence electrons. The van der Waals surface area contributed by atoms with Crippen LogP contribution in [0.15, 0.2) is 41.2 Å². The zero-order valence-corrected chi connectivity index (χ0v) is 10.3. The van der Waals surface area contributed by atoms with Crippen molar-refractivity contribution in [3.8, 4) is 0 Å². The van der Waals surface area contributed by atoms with Gasteiger partial charge in [0.05, 0.1) is 5.52 Å². The third-order valence-electron chi connectivity index (χ3n) is 3.20. The van der Waals surface area contributed by atoms with Crippen LogP contribution < -0.4 is 10.9 Å². The monoisotopic (exact) mass is 230 g/mol. The van der Waals surface area contributed by atoms with Gasteiger partial charge >= 0.3 is 0 Å². The Morgan fingerprint density at radius 2 is 2.00 bits per heavy atom. The van der Waals surface area contributed by atoms with Crippen LogP contribution in [0.2, 0.25) is 0 Å². The highest BCUT2D eigenvalue weighted by Gasteiger charge is 2.08. The molecular formula is C14H18N2O. The van der Waals surface area contributed by atoms with E-state index in [4.69, 9.17) is 0 Å². The summed E-state index contributed by atoms with van der Waals surface area (Å²) in [7, 11) is 1.93. The SMILES string of the molecule is CCC(Cn1c(=O)ccc2ccccc21)NC. The van der Waals surface area contributed by atoms with Crippen molar-refractivity contribution in [1.29, 1.82) is 0 Å². The van der Waals surface area contributed by atoms with E-state index in [-0.39, 0.29) is 5.56 Å². The van der Waals surface area contributed by atoms with Crippen LogP contribution in [-0.2, 0) is 6.54 Å². The van der Waals surface area contributed by atoms with Crippen LogP contribution in [-0.4, -0.2) is 17.7 Å². The lowest BCUT2D eigenvalue weighted by Gasteiger charge is -2.17. The smallest absolute Gasteiger partial charge is 0.251 e. The first-order valence-corrected chi connectivity index (χ1v) is 6.02. The number of hydrogen-bond donors (Lipinski definition) is 1. The molecule has 0 radical (unpaired) electrons. The number of hydrogen-bond acceptors (Lipinski definition) is 2. The minimum absolute atomic E-state index is 0.0670. The van der Waals surface area contributed by atoms with Gasteiger partial charge in [-0.25, -0.2) is 0 Å². The van der Waals surface area contributed by atoms with E-state index in [1.165, 1.54) is 0 Å². The molecule has 0 saturated heterocycles. The Bertz CT molecular complexity index is 555. The van der Waals surface area contributed by atoms with Gasteiger partial charge in [-0.3, -0.25) is 4.79 Å². The number of rotatable bonds is 4. The summed E-state index contributed by atoms with van der Waals surface area (Å²) in [4.78, 5) is 11.9. The van der Waals surface area contributed by atoms with Crippen molar-refractivity contribution < 1.29 is 0 Å². The second kappa shape index (κ2) is 5.15. The van der Waals surface area contributed by atoms with Crippen LogP contribution in [0.3, 0.4) is 0 Å². The van der Waals surface area contributed by atoms with Crippen LogP contribution in [0.1, 0.15) is 13.3 Å². The Balaban J connectivity index is 2.51. The molecule has 0 aliphatic carbocycles. The number of nitrogens with one attached hydrogen (secondary N) is 1. The van der Waals surface area contributed by atoms with Gasteiger partial charge in [-0.1, -0.05) is 25.1 Å². The third kappa shape index (κ3) is 2.39. The molecule has 0 aliphatic rings. The average molecular weight is 230 g/mol. The number of para-hydroxylation sites is 1. The number of aromatic nitrogens is 1. The molecule has 0 amide bonds. The van der Waals surface area contributed by atoms with Crippen molar-refractivity contribution in [3.05, 3.63) is 46.8 Å². The fraction of sp³-hybridized carbons (Fsp3) is 0.357. The Morgan fingerprint density at radius 1 is 1.24 bits per heavy atom. The van der Waals surface area contributed by atoms with Gasteiger partial charge in [0.1, 0.15) is 0 Å². The molecular weight excluding hydrogens is 212 g/mol. The predicted molar refractivity (Wildman–Crippen MR) is 71.3 cm³/mol. The maximum atomic E-state index is 11.9. The normalized spacial score (nSPS) is 12.8. The Hall–Kier alpha value is -1.61. The van der Waals surface area contributed by atoms with Gasteiger partial charge in [-0.15, -0.1) is 0 Å². The summed E-state index contributed by atoms with van der Waals surface area (Å²) >= 11 is 0. The van der Waals surface area contributed by atoms with E-state index >= 15 is 0 Å². The van der Waals surface area contributed by atoms with Gasteiger partial charge in [0, 0.05) is 18.7 Å². The van der Waals surface area contributed by atoms with Crippen molar-refractivity contribution in [2.45, 2.75) is 25.9 Å². The van der Waals surface area contributed by atoms with Gasteiger partial charge in [0.15, 0.2) is 0 Å². The summed E-state index contributed by atoms with van der Waals surface area (Å²) in [6.07, 6.45) is 1.01. The lowest BCUT2D eigenvalue weighted by atomic mass is 10.2. The highest BCUT2D eigenvalue weighted by molar-refractivity contribution is 5.78. The fourth-order valence-electron chi connectivity index (χ4n) is 2.08. The minimum Gasteiger partial charge on any atom is -0.315 e. The zero-order valence-electron chi connectivity index (χ0n) is 10.3. The molecule has 1 aromatic heterocycles. The highest BCUT2D eigenvalue weighted by Crippen LogP contribution is 2.11. The zero-order chi connectivity index (χ0) is 12.3. The lowest BCUT2D eigenvalue weighted by Crippen LogP contribution is -2.33. The van der Waals surface area contributed by atoms with Gasteiger partial charge in [0.25, 0.3) is 5.56 Å². The fourth-order valence-corrected chi connectivity index (χ4v) is 2.08. The van der Waals surface area contributed by atoms with Gasteiger partial charge in [-0.05, 0) is 31.0 Å². The molecule has 0 fully saturated rings. The second-order valence-electron chi connectivity index (χ2n) is 4.23. The molecule has 1 heterocycles. The second-order valence-corrected chi connectivity index (χ2v) is 4.23. The van der Waals surface area contributed by atoms with E-state index in [0.717, 1.165) is 17.3 Å². The number of benzene rings is 1. The maximum absolute atomic E-state index is 11.9. The molecule has 3 heteroatoms. The Morgan fingerprint density at radius 3 is 2.71 bits per heavy atom. The summed E-state index contributed by atoms with van der Waals surface area (Å²) in [5, 5.41) is 4.34. The summed E-state index contributed by atoms with van der Waals surface area (Å²) in [6, 6.07) is 11.9. The van der Waals surface area contributed by atoms with E-state index in [1.54, 1.807) is 6.07 Å². The summed E-state index contributed by atoms with van der Waals surface area (Å²) in [5.74, 6) is 0. The number of fused-ring (bicyclic) bond motifs is 1. The van der Waals surface area contributed by atoms with Crippen LogP contribution in [0.4, 0.5) is 0 Å². The van der Waals surface area contributed by atoms with Crippen LogP contribution in [0, 0.1) is 0 Å². The molecule has 17 heavy (non-hydrogen) atoms. The standard InChI is InChI=1S/C14H18N2O/c1-3-12(15-2)10-16-13-7-5-4-6-11(13)8-9-14(16)17/h4-9,12,15H,3,10H2,1-2H3. The van der Waals surface area contributed by atoms with Crippen LogP contribution in [0.25, 0.3) is 10.9 Å². The third-order valence-corrected chi connectivity index (χ3v) is 3.20. The first-order chi connectivity index (χ1) is 8.26. The van der Waals surface area contributed by atoms with Gasteiger partial charge < -0.3 is 9.88 Å². The van der Waals surface area contributed by atoms with Crippen molar-refractivity contribution in [1.82, 2.24) is 9.88 Å². The summed E-state index contributed by atoms with van der Waals surface area (Å²) in [5.41, 5.74) is 1.08. The molecule has 1 N–H and O–H groups in total. The van der Waals surface area contributed by atoms with Gasteiger partial charge in [-0.2, -0.15) is 0 Å². The largest absolute Gasteiger partial charge is 0.315 e. The molecule has 0 spiro atoms. The maximum Gasteiger partial charge on any atom is 0.251 e. The molecule has 1 atom stereocenters. The molecule has 0 saturated carbocycles.